The van der Waals surface area contributed by atoms with Crippen molar-refractivity contribution in [2.24, 2.45) is 0 Å². The molecule has 1 unspecified atom stereocenters. The van der Waals surface area contributed by atoms with Gasteiger partial charge in [0.15, 0.2) is 6.10 Å². The Balaban J connectivity index is 1.82. The summed E-state index contributed by atoms with van der Waals surface area (Å²) in [6, 6.07) is 17.7. The summed E-state index contributed by atoms with van der Waals surface area (Å²) in [4.78, 5) is 14.6. The molecular weight excluding hydrogens is 290 g/mol. The maximum atomic E-state index is 12.9. The van der Waals surface area contributed by atoms with Crippen molar-refractivity contribution in [3.8, 4) is 0 Å². The quantitative estimate of drug-likeness (QED) is 0.922. The van der Waals surface area contributed by atoms with Crippen molar-refractivity contribution in [2.75, 3.05) is 19.8 Å². The van der Waals surface area contributed by atoms with Gasteiger partial charge in [-0.15, -0.1) is 0 Å². The third-order valence-corrected chi connectivity index (χ3v) is 4.12. The van der Waals surface area contributed by atoms with E-state index >= 15 is 0 Å². The molecule has 1 aliphatic rings. The minimum absolute atomic E-state index is 0.0626. The van der Waals surface area contributed by atoms with Gasteiger partial charge in [-0.3, -0.25) is 4.79 Å². The van der Waals surface area contributed by atoms with Gasteiger partial charge in [0.1, 0.15) is 0 Å². The highest BCUT2D eigenvalue weighted by atomic mass is 16.5. The fraction of sp³-hybridized carbons (Fsp3) is 0.316. The number of ether oxygens (including phenoxy) is 1. The van der Waals surface area contributed by atoms with Crippen LogP contribution in [-0.2, 0) is 22.5 Å². The number of hydrogen-bond acceptors (Lipinski definition) is 3. The average molecular weight is 311 g/mol. The lowest BCUT2D eigenvalue weighted by molar-refractivity contribution is -0.146. The number of carbonyl (C=O) groups excluding carboxylic acids is 1. The molecule has 0 saturated heterocycles. The minimum Gasteiger partial charge on any atom is -0.395 e. The lowest BCUT2D eigenvalue weighted by atomic mass is 9.96. The molecule has 1 atom stereocenters. The molecule has 3 rings (SSSR count). The second-order valence-corrected chi connectivity index (χ2v) is 5.67. The van der Waals surface area contributed by atoms with Crippen molar-refractivity contribution >= 4 is 5.91 Å². The van der Waals surface area contributed by atoms with E-state index in [1.165, 1.54) is 5.56 Å². The largest absolute Gasteiger partial charge is 0.395 e. The third kappa shape index (κ3) is 3.60. The van der Waals surface area contributed by atoms with Crippen LogP contribution in [0.3, 0.4) is 0 Å². The molecule has 4 heteroatoms. The Bertz CT molecular complexity index is 657. The van der Waals surface area contributed by atoms with Crippen LogP contribution in [0.2, 0.25) is 0 Å². The zero-order chi connectivity index (χ0) is 16.1. The number of hydrogen-bond donors (Lipinski definition) is 1. The molecule has 4 nitrogen and oxygen atoms in total. The van der Waals surface area contributed by atoms with Gasteiger partial charge >= 0.3 is 0 Å². The minimum atomic E-state index is -0.574. The van der Waals surface area contributed by atoms with Crippen LogP contribution in [0.25, 0.3) is 0 Å². The molecule has 1 aliphatic heterocycles. The highest BCUT2D eigenvalue weighted by molar-refractivity contribution is 5.83. The van der Waals surface area contributed by atoms with Gasteiger partial charge in [0.2, 0.25) is 0 Å². The Kier molecular flexibility index (Phi) is 5.05. The van der Waals surface area contributed by atoms with Gasteiger partial charge in [-0.2, -0.15) is 0 Å². The van der Waals surface area contributed by atoms with E-state index in [0.717, 1.165) is 17.5 Å². The lowest BCUT2D eigenvalue weighted by Gasteiger charge is -2.30. The van der Waals surface area contributed by atoms with Gasteiger partial charge in [0.05, 0.1) is 13.2 Å². The number of aliphatic hydroxyl groups excluding tert-OH is 1. The predicted molar refractivity (Wildman–Crippen MR) is 87.8 cm³/mol. The molecule has 0 saturated carbocycles. The Morgan fingerprint density at radius 2 is 1.87 bits per heavy atom. The SMILES string of the molecule is O=C(C1OCCc2ccccc21)N(CCO)Cc1ccccc1. The van der Waals surface area contributed by atoms with E-state index in [9.17, 15) is 9.90 Å². The fourth-order valence-electron chi connectivity index (χ4n) is 2.96. The highest BCUT2D eigenvalue weighted by Gasteiger charge is 2.30. The third-order valence-electron chi connectivity index (χ3n) is 4.12. The van der Waals surface area contributed by atoms with Gasteiger partial charge < -0.3 is 14.7 Å². The summed E-state index contributed by atoms with van der Waals surface area (Å²) in [6.45, 7) is 1.26. The molecule has 1 amide bonds. The van der Waals surface area contributed by atoms with Crippen molar-refractivity contribution in [1.29, 1.82) is 0 Å². The Morgan fingerprint density at radius 3 is 2.65 bits per heavy atom. The lowest BCUT2D eigenvalue weighted by Crippen LogP contribution is -2.39. The number of benzene rings is 2. The van der Waals surface area contributed by atoms with Crippen LogP contribution in [0.4, 0.5) is 0 Å². The first-order valence-corrected chi connectivity index (χ1v) is 7.92. The first-order chi connectivity index (χ1) is 11.3. The van der Waals surface area contributed by atoms with Gasteiger partial charge in [0.25, 0.3) is 5.91 Å². The molecule has 1 heterocycles. The summed E-state index contributed by atoms with van der Waals surface area (Å²) < 4.78 is 5.76. The van der Waals surface area contributed by atoms with E-state index in [1.54, 1.807) is 4.90 Å². The van der Waals surface area contributed by atoms with Crippen molar-refractivity contribution in [3.63, 3.8) is 0 Å². The normalized spacial score (nSPS) is 16.7. The predicted octanol–water partition coefficient (Wildman–Crippen LogP) is 2.32. The summed E-state index contributed by atoms with van der Waals surface area (Å²) in [5.41, 5.74) is 3.15. The van der Waals surface area contributed by atoms with Crippen LogP contribution < -0.4 is 0 Å². The zero-order valence-electron chi connectivity index (χ0n) is 13.0. The first-order valence-electron chi connectivity index (χ1n) is 7.92. The molecule has 120 valence electrons. The number of carbonyl (C=O) groups is 1. The monoisotopic (exact) mass is 311 g/mol. The smallest absolute Gasteiger partial charge is 0.256 e. The topological polar surface area (TPSA) is 49.8 Å². The van der Waals surface area contributed by atoms with E-state index in [4.69, 9.17) is 4.74 Å². The summed E-state index contributed by atoms with van der Waals surface area (Å²) in [6.07, 6.45) is 0.258. The van der Waals surface area contributed by atoms with Crippen LogP contribution in [0.5, 0.6) is 0 Å². The summed E-state index contributed by atoms with van der Waals surface area (Å²) >= 11 is 0. The van der Waals surface area contributed by atoms with E-state index in [1.807, 2.05) is 54.6 Å². The van der Waals surface area contributed by atoms with Gasteiger partial charge in [-0.25, -0.2) is 0 Å². The molecule has 0 aliphatic carbocycles. The van der Waals surface area contributed by atoms with E-state index in [-0.39, 0.29) is 12.5 Å². The molecule has 0 aromatic heterocycles. The van der Waals surface area contributed by atoms with Crippen molar-refractivity contribution in [1.82, 2.24) is 4.90 Å². The number of rotatable bonds is 5. The summed E-state index contributed by atoms with van der Waals surface area (Å²) in [7, 11) is 0. The molecule has 23 heavy (non-hydrogen) atoms. The van der Waals surface area contributed by atoms with Crippen molar-refractivity contribution < 1.29 is 14.6 Å². The van der Waals surface area contributed by atoms with Crippen molar-refractivity contribution in [3.05, 3.63) is 71.3 Å². The Morgan fingerprint density at radius 1 is 1.13 bits per heavy atom. The van der Waals surface area contributed by atoms with Crippen LogP contribution in [0, 0.1) is 0 Å². The van der Waals surface area contributed by atoms with Gasteiger partial charge in [0, 0.05) is 13.1 Å². The van der Waals surface area contributed by atoms with Crippen LogP contribution >= 0.6 is 0 Å². The van der Waals surface area contributed by atoms with Gasteiger partial charge in [-0.05, 0) is 23.1 Å². The Hall–Kier alpha value is -2.17. The van der Waals surface area contributed by atoms with E-state index < -0.39 is 6.10 Å². The summed E-state index contributed by atoms with van der Waals surface area (Å²) in [5.74, 6) is -0.0879. The molecule has 2 aromatic rings. The van der Waals surface area contributed by atoms with Crippen LogP contribution in [0.15, 0.2) is 54.6 Å². The fourth-order valence-corrected chi connectivity index (χ4v) is 2.96. The second kappa shape index (κ2) is 7.40. The maximum absolute atomic E-state index is 12.9. The molecule has 2 aromatic carbocycles. The first kappa shape index (κ1) is 15.7. The Labute approximate surface area is 136 Å². The maximum Gasteiger partial charge on any atom is 0.256 e. The van der Waals surface area contributed by atoms with Crippen LogP contribution in [-0.4, -0.2) is 35.7 Å². The van der Waals surface area contributed by atoms with Crippen LogP contribution in [0.1, 0.15) is 22.8 Å². The van der Waals surface area contributed by atoms with Crippen molar-refractivity contribution in [2.45, 2.75) is 19.1 Å². The number of amides is 1. The van der Waals surface area contributed by atoms with E-state index in [0.29, 0.717) is 19.7 Å². The molecule has 0 spiro atoms. The second-order valence-electron chi connectivity index (χ2n) is 5.67. The molecular formula is C19H21NO3. The zero-order valence-corrected chi connectivity index (χ0v) is 13.0. The highest BCUT2D eigenvalue weighted by Crippen LogP contribution is 2.29. The number of aliphatic hydroxyl groups is 1. The number of fused-ring (bicyclic) bond motifs is 1. The molecule has 0 radical (unpaired) electrons. The van der Waals surface area contributed by atoms with E-state index in [2.05, 4.69) is 0 Å². The number of nitrogens with zero attached hydrogens (tertiary/aromatic N) is 1. The summed E-state index contributed by atoms with van der Waals surface area (Å²) in [5, 5.41) is 9.32. The van der Waals surface area contributed by atoms with Gasteiger partial charge in [-0.1, -0.05) is 54.6 Å². The average Bonchev–Trinajstić information content (AvgIpc) is 2.61. The molecule has 0 fully saturated rings. The molecule has 1 N–H and O–H groups in total. The standard InChI is InChI=1S/C19H21NO3/c21-12-11-20(14-15-6-2-1-3-7-15)19(22)18-17-9-5-4-8-16(17)10-13-23-18/h1-9,18,21H,10-14H2. The molecule has 0 bridgehead atoms.